The predicted molar refractivity (Wildman–Crippen MR) is 100 cm³/mol. The molecule has 1 heterocycles. The van der Waals surface area contributed by atoms with Crippen molar-refractivity contribution in [3.05, 3.63) is 29.8 Å². The molecule has 7 nitrogen and oxygen atoms in total. The lowest BCUT2D eigenvalue weighted by molar-refractivity contribution is -0.135. The van der Waals surface area contributed by atoms with Crippen molar-refractivity contribution < 1.29 is 19.1 Å². The molecule has 2 aliphatic rings. The molecule has 0 aromatic heterocycles. The number of hydrogen-bond donors (Lipinski definition) is 2. The SMILES string of the molecule is COc1cccc([C@@]2(C)NC(=O)N(CC(=O)NC3CCCCCC3)C2=O)c1. The minimum atomic E-state index is -1.21. The Morgan fingerprint density at radius 1 is 1.26 bits per heavy atom. The molecule has 1 aromatic rings. The third kappa shape index (κ3) is 4.07. The van der Waals surface area contributed by atoms with Crippen LogP contribution in [0.2, 0.25) is 0 Å². The maximum Gasteiger partial charge on any atom is 0.325 e. The maximum absolute atomic E-state index is 12.9. The molecule has 146 valence electrons. The Morgan fingerprint density at radius 3 is 2.63 bits per heavy atom. The van der Waals surface area contributed by atoms with Gasteiger partial charge in [0, 0.05) is 6.04 Å². The zero-order valence-electron chi connectivity index (χ0n) is 15.9. The third-order valence-corrected chi connectivity index (χ3v) is 5.44. The second-order valence-electron chi connectivity index (χ2n) is 7.43. The fourth-order valence-electron chi connectivity index (χ4n) is 3.81. The van der Waals surface area contributed by atoms with Gasteiger partial charge in [0.05, 0.1) is 7.11 Å². The number of rotatable bonds is 5. The van der Waals surface area contributed by atoms with Crippen molar-refractivity contribution in [3.8, 4) is 5.75 Å². The van der Waals surface area contributed by atoms with Crippen LogP contribution in [0, 0.1) is 0 Å². The first kappa shape index (κ1) is 19.2. The lowest BCUT2D eigenvalue weighted by Gasteiger charge is -2.23. The molecule has 2 fully saturated rings. The summed E-state index contributed by atoms with van der Waals surface area (Å²) in [6, 6.07) is 6.59. The summed E-state index contributed by atoms with van der Waals surface area (Å²) in [4.78, 5) is 38.7. The van der Waals surface area contributed by atoms with Gasteiger partial charge in [0.15, 0.2) is 0 Å². The van der Waals surface area contributed by atoms with Crippen LogP contribution in [0.3, 0.4) is 0 Å². The minimum Gasteiger partial charge on any atom is -0.497 e. The molecule has 27 heavy (non-hydrogen) atoms. The number of benzene rings is 1. The standard InChI is InChI=1S/C20H27N3O4/c1-20(14-8-7-11-16(12-14)27-2)18(25)23(19(26)22-20)13-17(24)21-15-9-5-3-4-6-10-15/h7-8,11-12,15H,3-6,9-10,13H2,1-2H3,(H,21,24)(H,22,26)/t20-/m1/s1. The van der Waals surface area contributed by atoms with Crippen molar-refractivity contribution in [1.82, 2.24) is 15.5 Å². The van der Waals surface area contributed by atoms with E-state index in [-0.39, 0.29) is 18.5 Å². The van der Waals surface area contributed by atoms with Crippen molar-refractivity contribution in [2.24, 2.45) is 0 Å². The van der Waals surface area contributed by atoms with E-state index in [4.69, 9.17) is 4.74 Å². The van der Waals surface area contributed by atoms with Crippen molar-refractivity contribution in [2.45, 2.75) is 57.0 Å². The number of urea groups is 1. The van der Waals surface area contributed by atoms with E-state index in [9.17, 15) is 14.4 Å². The smallest absolute Gasteiger partial charge is 0.325 e. The maximum atomic E-state index is 12.9. The molecule has 1 aromatic carbocycles. The molecule has 0 radical (unpaired) electrons. The molecule has 1 aliphatic heterocycles. The molecule has 0 bridgehead atoms. The highest BCUT2D eigenvalue weighted by molar-refractivity contribution is 6.09. The summed E-state index contributed by atoms with van der Waals surface area (Å²) in [7, 11) is 1.54. The molecular weight excluding hydrogens is 346 g/mol. The van der Waals surface area contributed by atoms with E-state index < -0.39 is 17.5 Å². The highest BCUT2D eigenvalue weighted by Crippen LogP contribution is 2.30. The molecular formula is C20H27N3O4. The van der Waals surface area contributed by atoms with E-state index >= 15 is 0 Å². The van der Waals surface area contributed by atoms with Gasteiger partial charge in [-0.2, -0.15) is 0 Å². The number of nitrogens with zero attached hydrogens (tertiary/aromatic N) is 1. The number of nitrogens with one attached hydrogen (secondary N) is 2. The number of carbonyl (C=O) groups is 3. The average molecular weight is 373 g/mol. The number of hydrogen-bond acceptors (Lipinski definition) is 4. The van der Waals surface area contributed by atoms with E-state index in [2.05, 4.69) is 10.6 Å². The first-order chi connectivity index (χ1) is 12.9. The van der Waals surface area contributed by atoms with Crippen molar-refractivity contribution in [3.63, 3.8) is 0 Å². The van der Waals surface area contributed by atoms with Crippen LogP contribution in [-0.4, -0.2) is 42.4 Å². The number of ether oxygens (including phenoxy) is 1. The molecule has 3 rings (SSSR count). The van der Waals surface area contributed by atoms with Crippen molar-refractivity contribution in [1.29, 1.82) is 0 Å². The number of carbonyl (C=O) groups excluding carboxylic acids is 3. The number of methoxy groups -OCH3 is 1. The van der Waals surface area contributed by atoms with Gasteiger partial charge < -0.3 is 15.4 Å². The topological polar surface area (TPSA) is 87.7 Å². The van der Waals surface area contributed by atoms with Crippen LogP contribution >= 0.6 is 0 Å². The normalized spacial score (nSPS) is 23.7. The van der Waals surface area contributed by atoms with Crippen LogP contribution in [0.1, 0.15) is 51.0 Å². The molecule has 1 saturated heterocycles. The van der Waals surface area contributed by atoms with Gasteiger partial charge in [-0.05, 0) is 37.5 Å². The fraction of sp³-hybridized carbons (Fsp3) is 0.550. The van der Waals surface area contributed by atoms with Crippen LogP contribution in [-0.2, 0) is 15.1 Å². The zero-order chi connectivity index (χ0) is 19.4. The fourth-order valence-corrected chi connectivity index (χ4v) is 3.81. The van der Waals surface area contributed by atoms with E-state index in [0.29, 0.717) is 11.3 Å². The van der Waals surface area contributed by atoms with Gasteiger partial charge in [0.1, 0.15) is 17.8 Å². The van der Waals surface area contributed by atoms with Gasteiger partial charge in [0.25, 0.3) is 5.91 Å². The van der Waals surface area contributed by atoms with Crippen LogP contribution in [0.25, 0.3) is 0 Å². The summed E-state index contributed by atoms with van der Waals surface area (Å²) in [6.07, 6.45) is 6.49. The predicted octanol–water partition coefficient (Wildman–Crippen LogP) is 2.30. The Kier molecular flexibility index (Phi) is 5.68. The third-order valence-electron chi connectivity index (χ3n) is 5.44. The van der Waals surface area contributed by atoms with Crippen LogP contribution in [0.5, 0.6) is 5.75 Å². The Morgan fingerprint density at radius 2 is 1.96 bits per heavy atom. The average Bonchev–Trinajstić information content (AvgIpc) is 2.85. The Balaban J connectivity index is 1.69. The van der Waals surface area contributed by atoms with Crippen molar-refractivity contribution >= 4 is 17.8 Å². The van der Waals surface area contributed by atoms with Crippen molar-refractivity contribution in [2.75, 3.05) is 13.7 Å². The lowest BCUT2D eigenvalue weighted by Crippen LogP contribution is -2.45. The molecule has 4 amide bonds. The summed E-state index contributed by atoms with van der Waals surface area (Å²) in [6.45, 7) is 1.38. The van der Waals surface area contributed by atoms with E-state index in [1.54, 1.807) is 38.3 Å². The van der Waals surface area contributed by atoms with Gasteiger partial charge in [0.2, 0.25) is 5.91 Å². The largest absolute Gasteiger partial charge is 0.497 e. The van der Waals surface area contributed by atoms with Gasteiger partial charge in [-0.25, -0.2) is 4.79 Å². The Labute approximate surface area is 159 Å². The molecule has 0 unspecified atom stereocenters. The van der Waals surface area contributed by atoms with Gasteiger partial charge in [-0.15, -0.1) is 0 Å². The zero-order valence-corrected chi connectivity index (χ0v) is 15.9. The second-order valence-corrected chi connectivity index (χ2v) is 7.43. The lowest BCUT2D eigenvalue weighted by atomic mass is 9.92. The number of amides is 4. The Bertz CT molecular complexity index is 728. The monoisotopic (exact) mass is 373 g/mol. The van der Waals surface area contributed by atoms with E-state index in [0.717, 1.165) is 30.6 Å². The van der Waals surface area contributed by atoms with Gasteiger partial charge >= 0.3 is 6.03 Å². The summed E-state index contributed by atoms with van der Waals surface area (Å²) in [5.74, 6) is -0.127. The summed E-state index contributed by atoms with van der Waals surface area (Å²) in [5, 5.41) is 5.70. The van der Waals surface area contributed by atoms with Crippen LogP contribution in [0.4, 0.5) is 4.79 Å². The second kappa shape index (κ2) is 7.98. The molecule has 1 atom stereocenters. The molecule has 1 aliphatic carbocycles. The molecule has 0 spiro atoms. The number of imide groups is 1. The molecule has 2 N–H and O–H groups in total. The van der Waals surface area contributed by atoms with Crippen LogP contribution < -0.4 is 15.4 Å². The minimum absolute atomic E-state index is 0.130. The van der Waals surface area contributed by atoms with Gasteiger partial charge in [-0.1, -0.05) is 37.8 Å². The Hall–Kier alpha value is -2.57. The first-order valence-corrected chi connectivity index (χ1v) is 9.52. The quantitative estimate of drug-likeness (QED) is 0.612. The van der Waals surface area contributed by atoms with E-state index in [1.165, 1.54) is 12.8 Å². The van der Waals surface area contributed by atoms with Gasteiger partial charge in [-0.3, -0.25) is 14.5 Å². The highest BCUT2D eigenvalue weighted by Gasteiger charge is 2.49. The molecule has 7 heteroatoms. The summed E-state index contributed by atoms with van der Waals surface area (Å²) in [5.41, 5.74) is -0.597. The van der Waals surface area contributed by atoms with Crippen LogP contribution in [0.15, 0.2) is 24.3 Å². The highest BCUT2D eigenvalue weighted by atomic mass is 16.5. The first-order valence-electron chi connectivity index (χ1n) is 9.52. The summed E-state index contributed by atoms with van der Waals surface area (Å²) >= 11 is 0. The molecule has 1 saturated carbocycles. The van der Waals surface area contributed by atoms with E-state index in [1.807, 2.05) is 0 Å². The summed E-state index contributed by atoms with van der Waals surface area (Å²) < 4.78 is 5.21.